The number of H-pyrrole nitrogens is 1. The van der Waals surface area contributed by atoms with Crippen molar-refractivity contribution in [2.24, 2.45) is 0 Å². The van der Waals surface area contributed by atoms with E-state index >= 15 is 0 Å². The van der Waals surface area contributed by atoms with Gasteiger partial charge in [-0.2, -0.15) is 0 Å². The van der Waals surface area contributed by atoms with Gasteiger partial charge in [0.05, 0.1) is 6.54 Å². The number of aryl methyl sites for hydroxylation is 1. The van der Waals surface area contributed by atoms with Crippen molar-refractivity contribution in [3.63, 3.8) is 0 Å². The number of aromatic nitrogens is 2. The second-order valence-electron chi connectivity index (χ2n) is 4.62. The van der Waals surface area contributed by atoms with Gasteiger partial charge in [0.1, 0.15) is 5.82 Å². The van der Waals surface area contributed by atoms with Crippen LogP contribution in [0.2, 0.25) is 0 Å². The van der Waals surface area contributed by atoms with Crippen molar-refractivity contribution in [1.82, 2.24) is 9.55 Å². The van der Waals surface area contributed by atoms with Crippen LogP contribution in [0.4, 0.5) is 4.39 Å². The van der Waals surface area contributed by atoms with E-state index in [4.69, 9.17) is 10.0 Å². The van der Waals surface area contributed by atoms with Gasteiger partial charge in [-0.1, -0.05) is 19.1 Å². The third kappa shape index (κ3) is 3.29. The van der Waals surface area contributed by atoms with E-state index in [2.05, 4.69) is 4.98 Å². The third-order valence-electron chi connectivity index (χ3n) is 3.18. The van der Waals surface area contributed by atoms with Crippen LogP contribution < -0.4 is 16.7 Å². The van der Waals surface area contributed by atoms with E-state index in [0.29, 0.717) is 12.0 Å². The molecule has 1 heterocycles. The van der Waals surface area contributed by atoms with Gasteiger partial charge >= 0.3 is 12.8 Å². The highest BCUT2D eigenvalue weighted by Gasteiger charge is 2.14. The van der Waals surface area contributed by atoms with Gasteiger partial charge in [-0.05, 0) is 17.9 Å². The molecule has 0 spiro atoms. The quantitative estimate of drug-likeness (QED) is 0.628. The molecule has 0 amide bonds. The maximum absolute atomic E-state index is 13.9. The van der Waals surface area contributed by atoms with Crippen LogP contribution >= 0.6 is 0 Å². The summed E-state index contributed by atoms with van der Waals surface area (Å²) in [6.07, 6.45) is 1.85. The number of rotatable bonds is 4. The normalized spacial score (nSPS) is 10.7. The monoisotopic (exact) mass is 292 g/mol. The molecule has 3 N–H and O–H groups in total. The Labute approximate surface area is 119 Å². The maximum atomic E-state index is 13.9. The SMILES string of the molecule is CCc1cn(Cc2ccc(B(O)O)cc2F)c(=O)[nH]c1=O. The molecule has 0 aliphatic heterocycles. The summed E-state index contributed by atoms with van der Waals surface area (Å²) in [7, 11) is -1.75. The number of benzene rings is 1. The van der Waals surface area contributed by atoms with E-state index < -0.39 is 24.2 Å². The lowest BCUT2D eigenvalue weighted by Gasteiger charge is -2.09. The van der Waals surface area contributed by atoms with Crippen LogP contribution in [0.1, 0.15) is 18.1 Å². The standard InChI is InChI=1S/C13H14BFN2O4/c1-2-8-6-17(13(19)16-12(8)18)7-9-3-4-10(14(20)21)5-11(9)15/h3-6,20-21H,2,7H2,1H3,(H,16,18,19). The summed E-state index contributed by atoms with van der Waals surface area (Å²) in [6.45, 7) is 1.72. The molecule has 0 saturated carbocycles. The average molecular weight is 292 g/mol. The van der Waals surface area contributed by atoms with E-state index in [1.54, 1.807) is 6.92 Å². The molecule has 2 rings (SSSR count). The number of nitrogens with one attached hydrogen (secondary N) is 1. The van der Waals surface area contributed by atoms with Crippen LogP contribution in [0.25, 0.3) is 0 Å². The second kappa shape index (κ2) is 6.07. The lowest BCUT2D eigenvalue weighted by atomic mass is 9.80. The van der Waals surface area contributed by atoms with Gasteiger partial charge in [0.15, 0.2) is 0 Å². The van der Waals surface area contributed by atoms with Crippen LogP contribution in [0.5, 0.6) is 0 Å². The van der Waals surface area contributed by atoms with Crippen LogP contribution in [-0.2, 0) is 13.0 Å². The summed E-state index contributed by atoms with van der Waals surface area (Å²) in [6, 6.07) is 3.73. The molecule has 2 aromatic rings. The highest BCUT2D eigenvalue weighted by molar-refractivity contribution is 6.58. The molecule has 0 saturated heterocycles. The summed E-state index contributed by atoms with van der Waals surface area (Å²) >= 11 is 0. The summed E-state index contributed by atoms with van der Waals surface area (Å²) < 4.78 is 15.1. The van der Waals surface area contributed by atoms with E-state index in [1.807, 2.05) is 0 Å². The highest BCUT2D eigenvalue weighted by Crippen LogP contribution is 2.07. The first-order valence-electron chi connectivity index (χ1n) is 6.39. The Hall–Kier alpha value is -2.19. The Bertz CT molecular complexity index is 769. The summed E-state index contributed by atoms with van der Waals surface area (Å²) in [5, 5.41) is 17.9. The van der Waals surface area contributed by atoms with Crippen molar-refractivity contribution in [1.29, 1.82) is 0 Å². The minimum Gasteiger partial charge on any atom is -0.423 e. The molecule has 0 atom stereocenters. The van der Waals surface area contributed by atoms with Crippen molar-refractivity contribution in [2.75, 3.05) is 0 Å². The minimum atomic E-state index is -1.75. The molecule has 0 radical (unpaired) electrons. The predicted molar refractivity (Wildman–Crippen MR) is 76.0 cm³/mol. The largest absolute Gasteiger partial charge is 0.488 e. The van der Waals surface area contributed by atoms with Gasteiger partial charge in [-0.3, -0.25) is 14.3 Å². The minimum absolute atomic E-state index is 0.0271. The fraction of sp³-hybridized carbons (Fsp3) is 0.231. The zero-order valence-electron chi connectivity index (χ0n) is 11.3. The molecule has 6 nitrogen and oxygen atoms in total. The van der Waals surface area contributed by atoms with Crippen molar-refractivity contribution < 1.29 is 14.4 Å². The van der Waals surface area contributed by atoms with E-state index in [1.165, 1.54) is 22.9 Å². The van der Waals surface area contributed by atoms with E-state index in [9.17, 15) is 14.0 Å². The average Bonchev–Trinajstić information content (AvgIpc) is 2.43. The van der Waals surface area contributed by atoms with Crippen molar-refractivity contribution in [2.45, 2.75) is 19.9 Å². The summed E-state index contributed by atoms with van der Waals surface area (Å²) in [4.78, 5) is 25.3. The lowest BCUT2D eigenvalue weighted by molar-refractivity contribution is 0.425. The number of halogens is 1. The Balaban J connectivity index is 2.39. The fourth-order valence-corrected chi connectivity index (χ4v) is 1.96. The number of aromatic amines is 1. The zero-order chi connectivity index (χ0) is 15.6. The number of hydrogen-bond acceptors (Lipinski definition) is 4. The smallest absolute Gasteiger partial charge is 0.423 e. The summed E-state index contributed by atoms with van der Waals surface area (Å²) in [5.41, 5.74) is -0.409. The first kappa shape index (κ1) is 15.2. The predicted octanol–water partition coefficient (Wildman–Crippen LogP) is -1.03. The Morgan fingerprint density at radius 2 is 2.00 bits per heavy atom. The van der Waals surface area contributed by atoms with E-state index in [-0.39, 0.29) is 17.6 Å². The van der Waals surface area contributed by atoms with Crippen LogP contribution in [0, 0.1) is 5.82 Å². The molecule has 0 fully saturated rings. The lowest BCUT2D eigenvalue weighted by Crippen LogP contribution is -2.33. The first-order valence-corrected chi connectivity index (χ1v) is 6.39. The zero-order valence-corrected chi connectivity index (χ0v) is 11.3. The van der Waals surface area contributed by atoms with Crippen molar-refractivity contribution >= 4 is 12.6 Å². The Morgan fingerprint density at radius 3 is 2.57 bits per heavy atom. The molecule has 1 aromatic heterocycles. The van der Waals surface area contributed by atoms with Crippen LogP contribution in [-0.4, -0.2) is 26.7 Å². The molecule has 1 aromatic carbocycles. The molecule has 0 aliphatic carbocycles. The molecule has 8 heteroatoms. The van der Waals surface area contributed by atoms with Crippen LogP contribution in [0.3, 0.4) is 0 Å². The van der Waals surface area contributed by atoms with Crippen LogP contribution in [0.15, 0.2) is 34.0 Å². The maximum Gasteiger partial charge on any atom is 0.488 e. The molecule has 0 bridgehead atoms. The van der Waals surface area contributed by atoms with Gasteiger partial charge in [0.2, 0.25) is 0 Å². The topological polar surface area (TPSA) is 95.3 Å². The number of hydrogen-bond donors (Lipinski definition) is 3. The van der Waals surface area contributed by atoms with E-state index in [0.717, 1.165) is 6.07 Å². The molecule has 0 unspecified atom stereocenters. The summed E-state index contributed by atoms with van der Waals surface area (Å²) in [5.74, 6) is -0.656. The van der Waals surface area contributed by atoms with Gasteiger partial charge in [0.25, 0.3) is 5.56 Å². The fourth-order valence-electron chi connectivity index (χ4n) is 1.96. The van der Waals surface area contributed by atoms with Gasteiger partial charge < -0.3 is 10.0 Å². The molecule has 21 heavy (non-hydrogen) atoms. The Kier molecular flexibility index (Phi) is 4.39. The molecule has 0 aliphatic rings. The second-order valence-corrected chi connectivity index (χ2v) is 4.62. The third-order valence-corrected chi connectivity index (χ3v) is 3.18. The van der Waals surface area contributed by atoms with Crippen molar-refractivity contribution in [3.05, 3.63) is 62.2 Å². The molecular weight excluding hydrogens is 278 g/mol. The molecular formula is C13H14BFN2O4. The van der Waals surface area contributed by atoms with Crippen molar-refractivity contribution in [3.8, 4) is 0 Å². The highest BCUT2D eigenvalue weighted by atomic mass is 19.1. The van der Waals surface area contributed by atoms with Gasteiger partial charge in [-0.25, -0.2) is 9.18 Å². The molecule has 110 valence electrons. The number of nitrogens with zero attached hydrogens (tertiary/aromatic N) is 1. The Morgan fingerprint density at radius 1 is 1.29 bits per heavy atom. The van der Waals surface area contributed by atoms with Gasteiger partial charge in [0, 0.05) is 17.3 Å². The first-order chi connectivity index (χ1) is 9.92. The van der Waals surface area contributed by atoms with Gasteiger partial charge in [-0.15, -0.1) is 0 Å².